The highest BCUT2D eigenvalue weighted by Gasteiger charge is 2.18. The lowest BCUT2D eigenvalue weighted by molar-refractivity contribution is 0.0987. The van der Waals surface area contributed by atoms with Gasteiger partial charge in [0.25, 0.3) is 5.91 Å². The maximum atomic E-state index is 14.0. The Kier molecular flexibility index (Phi) is 4.90. The molecule has 146 valence electrons. The van der Waals surface area contributed by atoms with Gasteiger partial charge in [-0.1, -0.05) is 35.5 Å². The van der Waals surface area contributed by atoms with E-state index in [0.29, 0.717) is 17.1 Å². The van der Waals surface area contributed by atoms with Gasteiger partial charge in [-0.05, 0) is 25.1 Å². The third kappa shape index (κ3) is 3.91. The molecule has 2 aromatic carbocycles. The highest BCUT2D eigenvalue weighted by atomic mass is 19.1. The van der Waals surface area contributed by atoms with Crippen molar-refractivity contribution in [2.75, 3.05) is 5.32 Å². The van der Waals surface area contributed by atoms with E-state index in [4.69, 9.17) is 4.52 Å². The fraction of sp³-hybridized carbons (Fsp3) is 0.0952. The van der Waals surface area contributed by atoms with Crippen molar-refractivity contribution < 1.29 is 18.1 Å². The van der Waals surface area contributed by atoms with Gasteiger partial charge in [0.05, 0.1) is 12.7 Å². The summed E-state index contributed by atoms with van der Waals surface area (Å²) >= 11 is 0. The van der Waals surface area contributed by atoms with Gasteiger partial charge >= 0.3 is 0 Å². The number of hydrogen-bond donors (Lipinski definition) is 1. The van der Waals surface area contributed by atoms with E-state index in [1.807, 2.05) is 30.3 Å². The lowest BCUT2D eigenvalue weighted by Crippen LogP contribution is -2.16. The lowest BCUT2D eigenvalue weighted by atomic mass is 10.1. The van der Waals surface area contributed by atoms with Crippen LogP contribution in [0, 0.1) is 18.6 Å². The Morgan fingerprint density at radius 2 is 1.93 bits per heavy atom. The Morgan fingerprint density at radius 1 is 1.14 bits per heavy atom. The van der Waals surface area contributed by atoms with Gasteiger partial charge < -0.3 is 9.84 Å². The van der Waals surface area contributed by atoms with E-state index in [1.54, 1.807) is 6.92 Å². The van der Waals surface area contributed by atoms with Crippen LogP contribution in [-0.2, 0) is 6.54 Å². The molecule has 0 aliphatic heterocycles. The minimum atomic E-state index is -0.556. The number of rotatable bonds is 5. The van der Waals surface area contributed by atoms with Crippen LogP contribution in [0.25, 0.3) is 11.3 Å². The quantitative estimate of drug-likeness (QED) is 0.544. The van der Waals surface area contributed by atoms with Crippen molar-refractivity contribution in [2.45, 2.75) is 13.5 Å². The summed E-state index contributed by atoms with van der Waals surface area (Å²) < 4.78 is 34.0. The van der Waals surface area contributed by atoms with Crippen LogP contribution in [0.15, 0.2) is 65.3 Å². The molecule has 0 saturated heterocycles. The van der Waals surface area contributed by atoms with Gasteiger partial charge in [0.2, 0.25) is 5.76 Å². The maximum absolute atomic E-state index is 14.0. The Balaban J connectivity index is 1.56. The van der Waals surface area contributed by atoms with Crippen LogP contribution in [0.4, 0.5) is 14.6 Å². The SMILES string of the molecule is Cc1cnn(Cc2cc(F)ccc2F)c1NC(=O)c1cc(-c2ccccc2)no1. The number of anilines is 1. The summed E-state index contributed by atoms with van der Waals surface area (Å²) in [5, 5.41) is 10.8. The van der Waals surface area contributed by atoms with E-state index in [0.717, 1.165) is 23.8 Å². The minimum Gasteiger partial charge on any atom is -0.350 e. The van der Waals surface area contributed by atoms with E-state index in [-0.39, 0.29) is 17.9 Å². The fourth-order valence-electron chi connectivity index (χ4n) is 2.88. The third-order valence-corrected chi connectivity index (χ3v) is 4.39. The first kappa shape index (κ1) is 18.5. The molecule has 4 rings (SSSR count). The van der Waals surface area contributed by atoms with Gasteiger partial charge in [-0.2, -0.15) is 5.10 Å². The molecule has 2 heterocycles. The molecule has 0 aliphatic carbocycles. The zero-order valence-corrected chi connectivity index (χ0v) is 15.4. The molecule has 8 heteroatoms. The zero-order valence-electron chi connectivity index (χ0n) is 15.4. The number of carbonyl (C=O) groups excluding carboxylic acids is 1. The highest BCUT2D eigenvalue weighted by Crippen LogP contribution is 2.21. The molecule has 6 nitrogen and oxygen atoms in total. The molecular weight excluding hydrogens is 378 g/mol. The number of nitrogens with one attached hydrogen (secondary N) is 1. The van der Waals surface area contributed by atoms with Crippen molar-refractivity contribution in [2.24, 2.45) is 0 Å². The Bertz CT molecular complexity index is 1170. The molecule has 0 unspecified atom stereocenters. The zero-order chi connectivity index (χ0) is 20.4. The summed E-state index contributed by atoms with van der Waals surface area (Å²) in [7, 11) is 0. The standard InChI is InChI=1S/C21H16F2N4O2/c1-13-11-24-27(12-15-9-16(22)7-8-17(15)23)20(13)25-21(28)19-10-18(26-29-19)14-5-3-2-4-6-14/h2-11H,12H2,1H3,(H,25,28). The molecule has 1 N–H and O–H groups in total. The van der Waals surface area contributed by atoms with Gasteiger partial charge in [-0.3, -0.25) is 4.79 Å². The summed E-state index contributed by atoms with van der Waals surface area (Å²) in [6.45, 7) is 1.70. The first-order valence-electron chi connectivity index (χ1n) is 8.81. The maximum Gasteiger partial charge on any atom is 0.295 e. The molecule has 4 aromatic rings. The van der Waals surface area contributed by atoms with Crippen molar-refractivity contribution in [3.8, 4) is 11.3 Å². The van der Waals surface area contributed by atoms with E-state index in [9.17, 15) is 13.6 Å². The molecule has 0 fully saturated rings. The van der Waals surface area contributed by atoms with Crippen LogP contribution in [0.2, 0.25) is 0 Å². The Morgan fingerprint density at radius 3 is 2.72 bits per heavy atom. The van der Waals surface area contributed by atoms with Gasteiger partial charge in [0.15, 0.2) is 0 Å². The van der Waals surface area contributed by atoms with Crippen LogP contribution in [-0.4, -0.2) is 20.8 Å². The first-order chi connectivity index (χ1) is 14.0. The van der Waals surface area contributed by atoms with Crippen LogP contribution < -0.4 is 5.32 Å². The molecule has 0 saturated carbocycles. The summed E-state index contributed by atoms with van der Waals surface area (Å²) in [6, 6.07) is 14.0. The largest absolute Gasteiger partial charge is 0.350 e. The van der Waals surface area contributed by atoms with Crippen molar-refractivity contribution in [1.82, 2.24) is 14.9 Å². The highest BCUT2D eigenvalue weighted by molar-refractivity contribution is 6.02. The van der Waals surface area contributed by atoms with Crippen molar-refractivity contribution in [3.63, 3.8) is 0 Å². The third-order valence-electron chi connectivity index (χ3n) is 4.39. The van der Waals surface area contributed by atoms with Crippen LogP contribution in [0.3, 0.4) is 0 Å². The molecule has 0 aliphatic rings. The number of aromatic nitrogens is 3. The van der Waals surface area contributed by atoms with Gasteiger partial charge in [0, 0.05) is 22.8 Å². The predicted molar refractivity (Wildman–Crippen MR) is 102 cm³/mol. The van der Waals surface area contributed by atoms with Crippen molar-refractivity contribution >= 4 is 11.7 Å². The van der Waals surface area contributed by atoms with Crippen LogP contribution in [0.1, 0.15) is 21.7 Å². The molecule has 1 amide bonds. The van der Waals surface area contributed by atoms with E-state index >= 15 is 0 Å². The summed E-state index contributed by atoms with van der Waals surface area (Å²) in [5.41, 5.74) is 2.13. The molecule has 0 spiro atoms. The summed E-state index contributed by atoms with van der Waals surface area (Å²) in [4.78, 5) is 12.6. The predicted octanol–water partition coefficient (Wildman–Crippen LogP) is 4.43. The topological polar surface area (TPSA) is 73.0 Å². The number of nitrogens with zero attached hydrogens (tertiary/aromatic N) is 3. The first-order valence-corrected chi connectivity index (χ1v) is 8.81. The molecule has 0 radical (unpaired) electrons. The number of carbonyl (C=O) groups is 1. The minimum absolute atomic E-state index is 0.0212. The summed E-state index contributed by atoms with van der Waals surface area (Å²) in [5.74, 6) is -1.25. The normalized spacial score (nSPS) is 10.9. The second-order valence-electron chi connectivity index (χ2n) is 6.47. The van der Waals surface area contributed by atoms with E-state index in [2.05, 4.69) is 15.6 Å². The van der Waals surface area contributed by atoms with E-state index in [1.165, 1.54) is 16.9 Å². The van der Waals surface area contributed by atoms with Gasteiger partial charge in [-0.25, -0.2) is 13.5 Å². The van der Waals surface area contributed by atoms with E-state index < -0.39 is 17.5 Å². The molecular formula is C21H16F2N4O2. The van der Waals surface area contributed by atoms with Crippen LogP contribution >= 0.6 is 0 Å². The fourth-order valence-corrected chi connectivity index (χ4v) is 2.88. The van der Waals surface area contributed by atoms with Crippen molar-refractivity contribution in [1.29, 1.82) is 0 Å². The number of benzene rings is 2. The number of aryl methyl sites for hydroxylation is 1. The Hall–Kier alpha value is -3.81. The second kappa shape index (κ2) is 7.67. The summed E-state index contributed by atoms with van der Waals surface area (Å²) in [6.07, 6.45) is 1.53. The Labute approximate surface area is 164 Å². The average molecular weight is 394 g/mol. The monoisotopic (exact) mass is 394 g/mol. The lowest BCUT2D eigenvalue weighted by Gasteiger charge is -2.10. The van der Waals surface area contributed by atoms with Gasteiger partial charge in [0.1, 0.15) is 23.1 Å². The molecule has 0 bridgehead atoms. The van der Waals surface area contributed by atoms with Crippen LogP contribution in [0.5, 0.6) is 0 Å². The number of amides is 1. The molecule has 0 atom stereocenters. The second-order valence-corrected chi connectivity index (χ2v) is 6.47. The average Bonchev–Trinajstić information content (AvgIpc) is 3.34. The van der Waals surface area contributed by atoms with Gasteiger partial charge in [-0.15, -0.1) is 0 Å². The molecule has 2 aromatic heterocycles. The number of halogens is 2. The number of hydrogen-bond acceptors (Lipinski definition) is 4. The van der Waals surface area contributed by atoms with Crippen molar-refractivity contribution in [3.05, 3.63) is 89.3 Å². The smallest absolute Gasteiger partial charge is 0.295 e. The molecule has 29 heavy (non-hydrogen) atoms.